The zero-order chi connectivity index (χ0) is 26.3. The summed E-state index contributed by atoms with van der Waals surface area (Å²) in [6.45, 7) is 8.87. The van der Waals surface area contributed by atoms with Crippen LogP contribution in [0.1, 0.15) is 57.8 Å². The molecule has 2 saturated carbocycles. The maximum Gasteiger partial charge on any atom is 0.439 e. The van der Waals surface area contributed by atoms with Crippen molar-refractivity contribution in [2.24, 2.45) is 17.8 Å². The predicted octanol–water partition coefficient (Wildman–Crippen LogP) is 3.77. The maximum absolute atomic E-state index is 11.8. The van der Waals surface area contributed by atoms with Crippen LogP contribution in [0.3, 0.4) is 0 Å². The van der Waals surface area contributed by atoms with Gasteiger partial charge in [-0.2, -0.15) is 4.98 Å². The molecule has 2 saturated heterocycles. The van der Waals surface area contributed by atoms with Crippen molar-refractivity contribution in [2.75, 3.05) is 42.6 Å². The SMILES string of the molecule is C=CC1CCC(Cn2c(N3CCOCC3)nc3nc(-c4noc(=O)[nH]4)nc(N4CCCC4C4CCC4)c32)CC1. The highest BCUT2D eigenvalue weighted by atomic mass is 16.5. The fourth-order valence-corrected chi connectivity index (χ4v) is 7.05. The van der Waals surface area contributed by atoms with Crippen molar-refractivity contribution >= 4 is 22.9 Å². The minimum Gasteiger partial charge on any atom is -0.378 e. The van der Waals surface area contributed by atoms with Gasteiger partial charge in [-0.15, -0.1) is 6.58 Å². The molecule has 0 amide bonds. The second kappa shape index (κ2) is 10.4. The Hall–Kier alpha value is -3.21. The third-order valence-corrected chi connectivity index (χ3v) is 9.44. The molecule has 5 heterocycles. The molecule has 39 heavy (non-hydrogen) atoms. The molecule has 2 aliphatic heterocycles. The number of H-pyrrole nitrogens is 1. The molecule has 0 radical (unpaired) electrons. The summed E-state index contributed by atoms with van der Waals surface area (Å²) in [4.78, 5) is 34.4. The van der Waals surface area contributed by atoms with Gasteiger partial charge in [0.2, 0.25) is 17.6 Å². The van der Waals surface area contributed by atoms with Crippen molar-refractivity contribution in [3.05, 3.63) is 23.2 Å². The topological polar surface area (TPSA) is 118 Å². The van der Waals surface area contributed by atoms with E-state index in [-0.39, 0.29) is 5.82 Å². The third kappa shape index (κ3) is 4.64. The zero-order valence-electron chi connectivity index (χ0n) is 22.6. The molecule has 1 N–H and O–H groups in total. The Morgan fingerprint density at radius 2 is 1.79 bits per heavy atom. The van der Waals surface area contributed by atoms with E-state index in [2.05, 4.69) is 37.2 Å². The van der Waals surface area contributed by atoms with E-state index in [4.69, 9.17) is 24.2 Å². The molecule has 7 rings (SSSR count). The normalized spacial score (nSPS) is 26.3. The Morgan fingerprint density at radius 3 is 2.49 bits per heavy atom. The van der Waals surface area contributed by atoms with Crippen LogP contribution in [0, 0.1) is 17.8 Å². The van der Waals surface area contributed by atoms with Crippen molar-refractivity contribution in [3.8, 4) is 11.6 Å². The number of hydrogen-bond donors (Lipinski definition) is 1. The van der Waals surface area contributed by atoms with Gasteiger partial charge in [-0.25, -0.2) is 14.8 Å². The average molecular weight is 535 g/mol. The highest BCUT2D eigenvalue weighted by Crippen LogP contribution is 2.42. The number of fused-ring (bicyclic) bond motifs is 1. The summed E-state index contributed by atoms with van der Waals surface area (Å²) in [5.41, 5.74) is 1.66. The minimum absolute atomic E-state index is 0.243. The smallest absolute Gasteiger partial charge is 0.378 e. The molecule has 0 spiro atoms. The molecule has 208 valence electrons. The molecule has 0 aromatic carbocycles. The van der Waals surface area contributed by atoms with Crippen LogP contribution in [0.4, 0.5) is 11.8 Å². The Balaban J connectivity index is 1.37. The lowest BCUT2D eigenvalue weighted by Crippen LogP contribution is -2.40. The largest absolute Gasteiger partial charge is 0.439 e. The van der Waals surface area contributed by atoms with Crippen LogP contribution in [0.2, 0.25) is 0 Å². The second-order valence-corrected chi connectivity index (χ2v) is 11.7. The highest BCUT2D eigenvalue weighted by molar-refractivity contribution is 5.88. The van der Waals surface area contributed by atoms with E-state index >= 15 is 0 Å². The molecule has 2 aliphatic carbocycles. The van der Waals surface area contributed by atoms with Gasteiger partial charge in [-0.3, -0.25) is 9.51 Å². The van der Waals surface area contributed by atoms with E-state index in [1.807, 2.05) is 0 Å². The number of anilines is 2. The number of rotatable bonds is 7. The number of allylic oxidation sites excluding steroid dienone is 1. The van der Waals surface area contributed by atoms with Crippen molar-refractivity contribution in [3.63, 3.8) is 0 Å². The summed E-state index contributed by atoms with van der Waals surface area (Å²) in [6.07, 6.45) is 13.1. The van der Waals surface area contributed by atoms with E-state index in [1.165, 1.54) is 51.4 Å². The van der Waals surface area contributed by atoms with Crippen molar-refractivity contribution in [1.29, 1.82) is 0 Å². The minimum atomic E-state index is -0.613. The molecule has 11 nitrogen and oxygen atoms in total. The average Bonchev–Trinajstić information content (AvgIpc) is 3.67. The van der Waals surface area contributed by atoms with Crippen molar-refractivity contribution < 1.29 is 9.26 Å². The van der Waals surface area contributed by atoms with Gasteiger partial charge in [0.1, 0.15) is 5.52 Å². The van der Waals surface area contributed by atoms with Gasteiger partial charge in [0.25, 0.3) is 0 Å². The van der Waals surface area contributed by atoms with Crippen LogP contribution < -0.4 is 15.6 Å². The molecule has 0 bridgehead atoms. The maximum atomic E-state index is 11.8. The van der Waals surface area contributed by atoms with Crippen LogP contribution in [0.25, 0.3) is 22.8 Å². The molecule has 3 aromatic heterocycles. The highest BCUT2D eigenvalue weighted by Gasteiger charge is 2.38. The van der Waals surface area contributed by atoms with Crippen molar-refractivity contribution in [1.82, 2.24) is 29.7 Å². The second-order valence-electron chi connectivity index (χ2n) is 11.7. The molecule has 3 aromatic rings. The summed E-state index contributed by atoms with van der Waals surface area (Å²) in [6, 6.07) is 0.472. The first kappa shape index (κ1) is 24.8. The number of ether oxygens (including phenoxy) is 1. The molecule has 1 atom stereocenters. The van der Waals surface area contributed by atoms with Crippen molar-refractivity contribution in [2.45, 2.75) is 70.4 Å². The first-order chi connectivity index (χ1) is 19.2. The number of nitrogens with one attached hydrogen (secondary N) is 1. The monoisotopic (exact) mass is 534 g/mol. The van der Waals surface area contributed by atoms with Crippen LogP contribution in [0.15, 0.2) is 22.0 Å². The van der Waals surface area contributed by atoms with Crippen LogP contribution in [-0.4, -0.2) is 68.5 Å². The molecular weight excluding hydrogens is 496 g/mol. The fraction of sp³-hybridized carbons (Fsp3) is 0.679. The molecule has 11 heteroatoms. The summed E-state index contributed by atoms with van der Waals surface area (Å²) in [5.74, 6) is 3.74. The Kier molecular flexibility index (Phi) is 6.62. The number of aromatic amines is 1. The number of hydrogen-bond acceptors (Lipinski definition) is 9. The summed E-state index contributed by atoms with van der Waals surface area (Å²) in [5, 5.41) is 3.91. The standard InChI is InChI=1S/C28H38N8O3/c1-2-18-8-10-19(11-9-18)17-36-22-23(31-27(36)34-13-15-38-16-14-34)29-24(25-32-28(37)39-33-25)30-26(22)35-12-4-7-21(35)20-5-3-6-20/h2,18-21H,1,3-17H2,(H,32,33,37). The first-order valence-corrected chi connectivity index (χ1v) is 14.7. The first-order valence-electron chi connectivity index (χ1n) is 14.7. The van der Waals surface area contributed by atoms with E-state index < -0.39 is 5.76 Å². The van der Waals surface area contributed by atoms with Crippen LogP contribution in [0.5, 0.6) is 0 Å². The van der Waals surface area contributed by atoms with E-state index in [1.54, 1.807) is 0 Å². The van der Waals surface area contributed by atoms with Gasteiger partial charge in [-0.05, 0) is 69.1 Å². The van der Waals surface area contributed by atoms with Gasteiger partial charge < -0.3 is 19.1 Å². The molecule has 4 fully saturated rings. The number of imidazole rings is 1. The lowest BCUT2D eigenvalue weighted by Gasteiger charge is -2.38. The summed E-state index contributed by atoms with van der Waals surface area (Å²) in [7, 11) is 0. The van der Waals surface area contributed by atoms with Crippen LogP contribution >= 0.6 is 0 Å². The Morgan fingerprint density at radius 1 is 0.974 bits per heavy atom. The van der Waals surface area contributed by atoms with E-state index in [9.17, 15) is 4.79 Å². The Bertz CT molecular complexity index is 1380. The number of aromatic nitrogens is 6. The molecule has 4 aliphatic rings. The quantitative estimate of drug-likeness (QED) is 0.452. The molecule has 1 unspecified atom stereocenters. The predicted molar refractivity (Wildman–Crippen MR) is 148 cm³/mol. The third-order valence-electron chi connectivity index (χ3n) is 9.44. The van der Waals surface area contributed by atoms with Gasteiger partial charge in [0, 0.05) is 32.2 Å². The van der Waals surface area contributed by atoms with Gasteiger partial charge >= 0.3 is 5.76 Å². The van der Waals surface area contributed by atoms with Gasteiger partial charge in [-0.1, -0.05) is 17.7 Å². The zero-order valence-corrected chi connectivity index (χ0v) is 22.6. The van der Waals surface area contributed by atoms with Crippen LogP contribution in [-0.2, 0) is 11.3 Å². The summed E-state index contributed by atoms with van der Waals surface area (Å²) < 4.78 is 12.9. The van der Waals surface area contributed by atoms with E-state index in [0.717, 1.165) is 49.9 Å². The molecular formula is C28H38N8O3. The van der Waals surface area contributed by atoms with Gasteiger partial charge in [0.05, 0.1) is 13.2 Å². The fourth-order valence-electron chi connectivity index (χ4n) is 7.05. The lowest BCUT2D eigenvalue weighted by molar-refractivity contribution is 0.121. The summed E-state index contributed by atoms with van der Waals surface area (Å²) >= 11 is 0. The van der Waals surface area contributed by atoms with Gasteiger partial charge in [0.15, 0.2) is 11.5 Å². The lowest BCUT2D eigenvalue weighted by atomic mass is 9.79. The van der Waals surface area contributed by atoms with E-state index in [0.29, 0.717) is 48.5 Å². The number of nitrogens with zero attached hydrogens (tertiary/aromatic N) is 7. The Labute approximate surface area is 227 Å². The number of morpholine rings is 1.